The highest BCUT2D eigenvalue weighted by atomic mass is 32.1. The molecule has 1 aliphatic rings. The van der Waals surface area contributed by atoms with Gasteiger partial charge in [-0.15, -0.1) is 0 Å². The van der Waals surface area contributed by atoms with Gasteiger partial charge in [0.25, 0.3) is 11.8 Å². The molecule has 0 saturated heterocycles. The molecule has 9 heteroatoms. The van der Waals surface area contributed by atoms with Gasteiger partial charge in [0.15, 0.2) is 16.6 Å². The Labute approximate surface area is 140 Å². The Morgan fingerprint density at radius 2 is 2.33 bits per heavy atom. The Kier molecular flexibility index (Phi) is 3.62. The Hall–Kier alpha value is -2.94. The number of carbonyl (C=O) groups is 2. The molecule has 3 aromatic heterocycles. The molecule has 4 rings (SSSR count). The summed E-state index contributed by atoms with van der Waals surface area (Å²) >= 11 is 1.17. The largest absolute Gasteiger partial charge is 0.463 e. The molecule has 24 heavy (non-hydrogen) atoms. The van der Waals surface area contributed by atoms with Crippen LogP contribution in [0.1, 0.15) is 32.3 Å². The summed E-state index contributed by atoms with van der Waals surface area (Å²) in [5.74, 6) is 0.0629. The third-order valence-electron chi connectivity index (χ3n) is 3.60. The first kappa shape index (κ1) is 14.6. The van der Waals surface area contributed by atoms with Gasteiger partial charge in [-0.2, -0.15) is 5.10 Å². The third kappa shape index (κ3) is 2.69. The molecule has 0 aliphatic carbocycles. The Balaban J connectivity index is 1.52. The fourth-order valence-electron chi connectivity index (χ4n) is 2.45. The van der Waals surface area contributed by atoms with Gasteiger partial charge in [0.2, 0.25) is 0 Å². The minimum atomic E-state index is -0.395. The van der Waals surface area contributed by atoms with Crippen LogP contribution in [0.15, 0.2) is 28.9 Å². The zero-order valence-electron chi connectivity index (χ0n) is 12.5. The van der Waals surface area contributed by atoms with E-state index in [0.29, 0.717) is 34.4 Å². The molecule has 3 aromatic rings. The number of rotatable bonds is 3. The highest BCUT2D eigenvalue weighted by molar-refractivity contribution is 7.17. The molecule has 122 valence electrons. The van der Waals surface area contributed by atoms with Crippen molar-refractivity contribution in [1.29, 1.82) is 0 Å². The number of thiazole rings is 1. The van der Waals surface area contributed by atoms with Gasteiger partial charge in [-0.05, 0) is 25.0 Å². The molecule has 0 fully saturated rings. The van der Waals surface area contributed by atoms with Crippen molar-refractivity contribution < 1.29 is 14.0 Å². The summed E-state index contributed by atoms with van der Waals surface area (Å²) in [5, 5.41) is 12.6. The van der Waals surface area contributed by atoms with Crippen molar-refractivity contribution in [3.8, 4) is 11.5 Å². The number of carbonyl (C=O) groups excluding carboxylic acids is 2. The van der Waals surface area contributed by atoms with Crippen LogP contribution in [0, 0.1) is 0 Å². The molecule has 3 N–H and O–H groups in total. The molecule has 0 unspecified atom stereocenters. The molecule has 8 nitrogen and oxygen atoms in total. The number of nitrogens with zero attached hydrogens (tertiary/aromatic N) is 2. The first-order chi connectivity index (χ1) is 11.7. The lowest BCUT2D eigenvalue weighted by Gasteiger charge is -1.98. The molecule has 4 heterocycles. The van der Waals surface area contributed by atoms with Crippen molar-refractivity contribution >= 4 is 28.3 Å². The maximum absolute atomic E-state index is 12.3. The number of aromatic nitrogens is 3. The van der Waals surface area contributed by atoms with E-state index in [0.717, 1.165) is 12.1 Å². The number of fused-ring (bicyclic) bond motifs is 1. The van der Waals surface area contributed by atoms with Crippen LogP contribution in [-0.4, -0.2) is 33.5 Å². The number of aromatic amines is 1. The zero-order chi connectivity index (χ0) is 16.5. The van der Waals surface area contributed by atoms with E-state index in [9.17, 15) is 9.59 Å². The summed E-state index contributed by atoms with van der Waals surface area (Å²) in [5.41, 5.74) is 1.55. The summed E-state index contributed by atoms with van der Waals surface area (Å²) in [6, 6.07) is 5.12. The number of nitrogens with one attached hydrogen (secondary N) is 3. The molecular formula is C15H13N5O3S. The van der Waals surface area contributed by atoms with E-state index >= 15 is 0 Å². The predicted molar refractivity (Wildman–Crippen MR) is 87.0 cm³/mol. The SMILES string of the molecule is O=C(Nc1nc2c(s1)C(=O)NCCC2)c1cc(-c2ccco2)[nH]n1. The molecule has 0 saturated carbocycles. The van der Waals surface area contributed by atoms with Crippen LogP contribution in [0.5, 0.6) is 0 Å². The van der Waals surface area contributed by atoms with Gasteiger partial charge >= 0.3 is 0 Å². The topological polar surface area (TPSA) is 113 Å². The number of anilines is 1. The average molecular weight is 343 g/mol. The van der Waals surface area contributed by atoms with Crippen LogP contribution in [0.3, 0.4) is 0 Å². The number of H-pyrrole nitrogens is 1. The lowest BCUT2D eigenvalue weighted by Crippen LogP contribution is -2.21. The van der Waals surface area contributed by atoms with Crippen molar-refractivity contribution in [2.24, 2.45) is 0 Å². The van der Waals surface area contributed by atoms with Gasteiger partial charge in [-0.25, -0.2) is 4.98 Å². The number of amides is 2. The van der Waals surface area contributed by atoms with E-state index in [1.807, 2.05) is 0 Å². The molecule has 0 bridgehead atoms. The normalized spacial score (nSPS) is 13.9. The van der Waals surface area contributed by atoms with Gasteiger partial charge in [0.1, 0.15) is 10.6 Å². The number of furan rings is 1. The number of hydrogen-bond donors (Lipinski definition) is 3. The summed E-state index contributed by atoms with van der Waals surface area (Å²) in [6.45, 7) is 0.645. The van der Waals surface area contributed by atoms with E-state index in [-0.39, 0.29) is 11.6 Å². The van der Waals surface area contributed by atoms with Crippen molar-refractivity contribution in [2.75, 3.05) is 11.9 Å². The van der Waals surface area contributed by atoms with Gasteiger partial charge in [0.05, 0.1) is 12.0 Å². The highest BCUT2D eigenvalue weighted by Crippen LogP contribution is 2.26. The van der Waals surface area contributed by atoms with Crippen LogP contribution in [0.25, 0.3) is 11.5 Å². The Morgan fingerprint density at radius 1 is 1.42 bits per heavy atom. The van der Waals surface area contributed by atoms with Crippen LogP contribution in [-0.2, 0) is 6.42 Å². The van der Waals surface area contributed by atoms with Crippen molar-refractivity contribution in [2.45, 2.75) is 12.8 Å². The second kappa shape index (κ2) is 5.93. The van der Waals surface area contributed by atoms with Gasteiger partial charge in [0, 0.05) is 12.6 Å². The number of aryl methyl sites for hydroxylation is 1. The van der Waals surface area contributed by atoms with E-state index in [1.54, 1.807) is 24.5 Å². The zero-order valence-corrected chi connectivity index (χ0v) is 13.3. The quantitative estimate of drug-likeness (QED) is 0.674. The second-order valence-electron chi connectivity index (χ2n) is 5.25. The molecule has 0 atom stereocenters. The predicted octanol–water partition coefficient (Wildman–Crippen LogP) is 2.05. The van der Waals surface area contributed by atoms with Crippen molar-refractivity contribution in [3.05, 3.63) is 40.7 Å². The summed E-state index contributed by atoms with van der Waals surface area (Å²) in [4.78, 5) is 29.1. The van der Waals surface area contributed by atoms with Gasteiger partial charge in [-0.1, -0.05) is 11.3 Å². The summed E-state index contributed by atoms with van der Waals surface area (Å²) in [7, 11) is 0. The Morgan fingerprint density at radius 3 is 3.17 bits per heavy atom. The average Bonchev–Trinajstić information content (AvgIpc) is 3.29. The second-order valence-corrected chi connectivity index (χ2v) is 6.25. The van der Waals surface area contributed by atoms with E-state index in [2.05, 4.69) is 25.8 Å². The third-order valence-corrected chi connectivity index (χ3v) is 4.61. The van der Waals surface area contributed by atoms with E-state index in [4.69, 9.17) is 4.42 Å². The number of hydrogen-bond acceptors (Lipinski definition) is 6. The molecule has 2 amide bonds. The smallest absolute Gasteiger partial charge is 0.277 e. The summed E-state index contributed by atoms with van der Waals surface area (Å²) in [6.07, 6.45) is 3.09. The maximum Gasteiger partial charge on any atom is 0.277 e. The van der Waals surface area contributed by atoms with Gasteiger partial charge in [-0.3, -0.25) is 20.0 Å². The lowest BCUT2D eigenvalue weighted by molar-refractivity contribution is 0.0958. The molecule has 0 radical (unpaired) electrons. The van der Waals surface area contributed by atoms with Crippen LogP contribution < -0.4 is 10.6 Å². The first-order valence-corrected chi connectivity index (χ1v) is 8.21. The first-order valence-electron chi connectivity index (χ1n) is 7.39. The minimum absolute atomic E-state index is 0.139. The molecule has 1 aliphatic heterocycles. The van der Waals surface area contributed by atoms with Crippen molar-refractivity contribution in [3.63, 3.8) is 0 Å². The van der Waals surface area contributed by atoms with Crippen LogP contribution >= 0.6 is 11.3 Å². The monoisotopic (exact) mass is 343 g/mol. The standard InChI is InChI=1S/C15H13N5O3S/c21-13(10-7-9(19-20-10)11-4-2-6-23-11)18-15-17-8-3-1-5-16-14(22)12(8)24-15/h2,4,6-7H,1,3,5H2,(H,16,22)(H,19,20)(H,17,18,21). The van der Waals surface area contributed by atoms with Crippen molar-refractivity contribution in [1.82, 2.24) is 20.5 Å². The summed E-state index contributed by atoms with van der Waals surface area (Å²) < 4.78 is 5.25. The minimum Gasteiger partial charge on any atom is -0.463 e. The molecular weight excluding hydrogens is 330 g/mol. The van der Waals surface area contributed by atoms with Gasteiger partial charge < -0.3 is 9.73 Å². The fourth-order valence-corrected chi connectivity index (χ4v) is 3.37. The maximum atomic E-state index is 12.3. The molecule has 0 aromatic carbocycles. The van der Waals surface area contributed by atoms with Crippen LogP contribution in [0.2, 0.25) is 0 Å². The fraction of sp³-hybridized carbons (Fsp3) is 0.200. The van der Waals surface area contributed by atoms with E-state index < -0.39 is 5.91 Å². The molecule has 0 spiro atoms. The van der Waals surface area contributed by atoms with Crippen LogP contribution in [0.4, 0.5) is 5.13 Å². The van der Waals surface area contributed by atoms with E-state index in [1.165, 1.54) is 11.3 Å². The lowest BCUT2D eigenvalue weighted by atomic mass is 10.2. The highest BCUT2D eigenvalue weighted by Gasteiger charge is 2.22. The Bertz CT molecular complexity index is 896.